The number of morpholine rings is 1. The van der Waals surface area contributed by atoms with Gasteiger partial charge in [-0.3, -0.25) is 0 Å². The minimum atomic E-state index is -4.44. The van der Waals surface area contributed by atoms with Crippen LogP contribution in [0.3, 0.4) is 0 Å². The van der Waals surface area contributed by atoms with Gasteiger partial charge in [0.15, 0.2) is 5.82 Å². The molecule has 2 amide bonds. The Kier molecular flexibility index (Phi) is 7.42. The van der Waals surface area contributed by atoms with E-state index in [-0.39, 0.29) is 23.4 Å². The molecule has 2 atom stereocenters. The minimum Gasteiger partial charge on any atom is -0.384 e. The molecular formula is C23H29F3N4O4. The zero-order valence-electron chi connectivity index (χ0n) is 19.3. The predicted octanol–water partition coefficient (Wildman–Crippen LogP) is 3.61. The molecule has 186 valence electrons. The van der Waals surface area contributed by atoms with E-state index in [1.54, 1.807) is 23.0 Å². The van der Waals surface area contributed by atoms with Crippen LogP contribution in [0.4, 0.5) is 18.0 Å². The summed E-state index contributed by atoms with van der Waals surface area (Å²) in [6.07, 6.45) is -3.46. The highest BCUT2D eigenvalue weighted by molar-refractivity contribution is 5.75. The second kappa shape index (κ2) is 10.3. The number of likely N-dealkylation sites (tertiary alicyclic amines) is 1. The summed E-state index contributed by atoms with van der Waals surface area (Å²) < 4.78 is 56.6. The van der Waals surface area contributed by atoms with Crippen molar-refractivity contribution in [2.45, 2.75) is 37.8 Å². The first-order chi connectivity index (χ1) is 16.3. The van der Waals surface area contributed by atoms with Gasteiger partial charge in [0.1, 0.15) is 0 Å². The highest BCUT2D eigenvalue weighted by atomic mass is 19.4. The first-order valence-electron chi connectivity index (χ1n) is 11.4. The Balaban J connectivity index is 1.62. The van der Waals surface area contributed by atoms with E-state index in [0.717, 1.165) is 0 Å². The van der Waals surface area contributed by atoms with E-state index < -0.39 is 11.7 Å². The van der Waals surface area contributed by atoms with E-state index in [4.69, 9.17) is 14.0 Å². The summed E-state index contributed by atoms with van der Waals surface area (Å²) in [4.78, 5) is 21.1. The number of nitrogens with zero attached hydrogens (tertiary/aromatic N) is 4. The number of halogens is 3. The third kappa shape index (κ3) is 5.52. The first-order valence-corrected chi connectivity index (χ1v) is 11.4. The zero-order valence-corrected chi connectivity index (χ0v) is 19.3. The van der Waals surface area contributed by atoms with Crippen LogP contribution in [0.2, 0.25) is 0 Å². The monoisotopic (exact) mass is 482 g/mol. The van der Waals surface area contributed by atoms with Crippen molar-refractivity contribution in [2.75, 3.05) is 53.1 Å². The molecule has 0 aliphatic carbocycles. The molecule has 0 radical (unpaired) electrons. The SMILES string of the molecule is COCCc1noc(C2CC(c3ccc(C)c(C(F)(F)F)c3)CN(C(=O)N3CCOCC3)C2)n1. The molecule has 0 N–H and O–H groups in total. The summed E-state index contributed by atoms with van der Waals surface area (Å²) in [6.45, 7) is 4.46. The van der Waals surface area contributed by atoms with Crippen molar-refractivity contribution < 1.29 is 32.0 Å². The molecule has 1 aromatic carbocycles. The van der Waals surface area contributed by atoms with Gasteiger partial charge in [-0.1, -0.05) is 17.3 Å². The number of carbonyl (C=O) groups is 1. The molecule has 2 saturated heterocycles. The lowest BCUT2D eigenvalue weighted by Crippen LogP contribution is -2.52. The van der Waals surface area contributed by atoms with Crippen LogP contribution in [0.1, 0.15) is 46.7 Å². The van der Waals surface area contributed by atoms with Gasteiger partial charge in [-0.15, -0.1) is 0 Å². The second-order valence-corrected chi connectivity index (χ2v) is 8.78. The number of carbonyl (C=O) groups excluding carboxylic acids is 1. The van der Waals surface area contributed by atoms with Gasteiger partial charge >= 0.3 is 12.2 Å². The number of urea groups is 1. The van der Waals surface area contributed by atoms with Crippen molar-refractivity contribution in [3.05, 3.63) is 46.6 Å². The molecule has 2 fully saturated rings. The molecule has 34 heavy (non-hydrogen) atoms. The molecule has 2 aliphatic rings. The molecule has 0 saturated carbocycles. The molecule has 2 aliphatic heterocycles. The average Bonchev–Trinajstić information content (AvgIpc) is 3.31. The van der Waals surface area contributed by atoms with Gasteiger partial charge in [-0.05, 0) is 30.5 Å². The van der Waals surface area contributed by atoms with E-state index >= 15 is 0 Å². The number of rotatable bonds is 5. The number of piperidine rings is 1. The van der Waals surface area contributed by atoms with Crippen LogP contribution in [-0.4, -0.2) is 79.1 Å². The fraction of sp³-hybridized carbons (Fsp3) is 0.609. The normalized spacial score (nSPS) is 21.7. The first kappa shape index (κ1) is 24.5. The molecule has 2 unspecified atom stereocenters. The Labute approximate surface area is 196 Å². The van der Waals surface area contributed by atoms with Crippen molar-refractivity contribution >= 4 is 6.03 Å². The lowest BCUT2D eigenvalue weighted by molar-refractivity contribution is -0.138. The van der Waals surface area contributed by atoms with Crippen molar-refractivity contribution in [1.82, 2.24) is 19.9 Å². The number of amides is 2. The summed E-state index contributed by atoms with van der Waals surface area (Å²) in [5.74, 6) is 0.293. The lowest BCUT2D eigenvalue weighted by atomic mass is 9.83. The van der Waals surface area contributed by atoms with Gasteiger partial charge < -0.3 is 23.8 Å². The molecule has 0 spiro atoms. The highest BCUT2D eigenvalue weighted by Crippen LogP contribution is 2.39. The Bertz CT molecular complexity index is 991. The molecule has 8 nitrogen and oxygen atoms in total. The Hall–Kier alpha value is -2.66. The van der Waals surface area contributed by atoms with Crippen molar-refractivity contribution in [3.63, 3.8) is 0 Å². The molecule has 1 aromatic heterocycles. The maximum atomic E-state index is 13.6. The molecule has 11 heteroatoms. The average molecular weight is 483 g/mol. The van der Waals surface area contributed by atoms with Gasteiger partial charge in [0.25, 0.3) is 0 Å². The zero-order chi connectivity index (χ0) is 24.3. The number of aromatic nitrogens is 2. The fourth-order valence-electron chi connectivity index (χ4n) is 4.56. The number of methoxy groups -OCH3 is 1. The Morgan fingerprint density at radius 1 is 1.18 bits per heavy atom. The van der Waals surface area contributed by atoms with Crippen LogP contribution < -0.4 is 0 Å². The van der Waals surface area contributed by atoms with E-state index in [9.17, 15) is 18.0 Å². The number of alkyl halides is 3. The van der Waals surface area contributed by atoms with Crippen molar-refractivity contribution in [1.29, 1.82) is 0 Å². The van der Waals surface area contributed by atoms with Crippen LogP contribution in [0.15, 0.2) is 22.7 Å². The lowest BCUT2D eigenvalue weighted by Gasteiger charge is -2.40. The van der Waals surface area contributed by atoms with Gasteiger partial charge in [0.05, 0.1) is 31.3 Å². The summed E-state index contributed by atoms with van der Waals surface area (Å²) in [6, 6.07) is 4.26. The highest BCUT2D eigenvalue weighted by Gasteiger charge is 2.38. The van der Waals surface area contributed by atoms with Crippen LogP contribution in [0.5, 0.6) is 0 Å². The number of ether oxygens (including phenoxy) is 2. The summed E-state index contributed by atoms with van der Waals surface area (Å²) in [5, 5.41) is 4.00. The van der Waals surface area contributed by atoms with Crippen molar-refractivity contribution in [3.8, 4) is 0 Å². The van der Waals surface area contributed by atoms with Crippen LogP contribution >= 0.6 is 0 Å². The maximum absolute atomic E-state index is 13.6. The van der Waals surface area contributed by atoms with E-state index in [1.807, 2.05) is 0 Å². The summed E-state index contributed by atoms with van der Waals surface area (Å²) >= 11 is 0. The maximum Gasteiger partial charge on any atom is 0.416 e. The number of benzene rings is 1. The van der Waals surface area contributed by atoms with Gasteiger partial charge in [0.2, 0.25) is 5.89 Å². The van der Waals surface area contributed by atoms with Crippen molar-refractivity contribution in [2.24, 2.45) is 0 Å². The van der Waals surface area contributed by atoms with Crippen LogP contribution in [0, 0.1) is 6.92 Å². The van der Waals surface area contributed by atoms with E-state index in [0.29, 0.717) is 76.1 Å². The molecule has 4 rings (SSSR count). The van der Waals surface area contributed by atoms with Crippen LogP contribution in [0.25, 0.3) is 0 Å². The smallest absolute Gasteiger partial charge is 0.384 e. The van der Waals surface area contributed by atoms with E-state index in [2.05, 4.69) is 10.1 Å². The quantitative estimate of drug-likeness (QED) is 0.648. The second-order valence-electron chi connectivity index (χ2n) is 8.78. The minimum absolute atomic E-state index is 0.153. The number of hydrogen-bond acceptors (Lipinski definition) is 6. The fourth-order valence-corrected chi connectivity index (χ4v) is 4.56. The van der Waals surface area contributed by atoms with Gasteiger partial charge in [-0.2, -0.15) is 18.2 Å². The standard InChI is InChI=1S/C23H29F3N4O4/c1-15-3-4-16(12-19(15)23(24,25)26)17-11-18(21-27-20(28-34-21)5-8-32-2)14-30(13-17)22(31)29-6-9-33-10-7-29/h3-4,12,17-18H,5-11,13-14H2,1-2H3. The van der Waals surface area contributed by atoms with Crippen LogP contribution in [-0.2, 0) is 22.1 Å². The molecule has 0 bridgehead atoms. The largest absolute Gasteiger partial charge is 0.416 e. The summed E-state index contributed by atoms with van der Waals surface area (Å²) in [7, 11) is 1.58. The van der Waals surface area contributed by atoms with E-state index in [1.165, 1.54) is 19.1 Å². The number of aryl methyl sites for hydroxylation is 1. The molecule has 2 aromatic rings. The third-order valence-corrected chi connectivity index (χ3v) is 6.40. The Morgan fingerprint density at radius 2 is 1.91 bits per heavy atom. The molecule has 3 heterocycles. The number of hydrogen-bond donors (Lipinski definition) is 0. The topological polar surface area (TPSA) is 80.9 Å². The van der Waals surface area contributed by atoms with Gasteiger partial charge in [-0.25, -0.2) is 4.79 Å². The predicted molar refractivity (Wildman–Crippen MR) is 116 cm³/mol. The third-order valence-electron chi connectivity index (χ3n) is 6.40. The Morgan fingerprint density at radius 3 is 2.62 bits per heavy atom. The molecular weight excluding hydrogens is 453 g/mol. The summed E-state index contributed by atoms with van der Waals surface area (Å²) in [5.41, 5.74) is 0.0592. The van der Waals surface area contributed by atoms with Gasteiger partial charge in [0, 0.05) is 45.6 Å².